The Kier molecular flexibility index (Phi) is 3.80. The van der Waals surface area contributed by atoms with Gasteiger partial charge in [-0.15, -0.1) is 11.3 Å². The fraction of sp³-hybridized carbons (Fsp3) is 0. The van der Waals surface area contributed by atoms with Crippen LogP contribution in [0.4, 0.5) is 0 Å². The Morgan fingerprint density at radius 2 is 1.93 bits per heavy atom. The first-order valence-electron chi connectivity index (χ1n) is 3.89. The second-order valence-electron chi connectivity index (χ2n) is 2.61. The molecule has 0 N–H and O–H groups in total. The molecule has 0 atom stereocenters. The van der Waals surface area contributed by atoms with Gasteiger partial charge in [-0.2, -0.15) is 0 Å². The zero-order valence-electron chi connectivity index (χ0n) is 7.21. The van der Waals surface area contributed by atoms with Crippen LogP contribution in [0.15, 0.2) is 32.8 Å². The molecule has 0 spiro atoms. The molecular formula is C9H4Cl3NS2. The molecule has 2 aromatic rings. The number of hydrogen-bond acceptors (Lipinski definition) is 3. The Morgan fingerprint density at radius 3 is 2.53 bits per heavy atom. The van der Waals surface area contributed by atoms with Gasteiger partial charge in [0.2, 0.25) is 0 Å². The van der Waals surface area contributed by atoms with Crippen LogP contribution >= 0.6 is 57.9 Å². The fourth-order valence-electron chi connectivity index (χ4n) is 0.927. The third-order valence-electron chi connectivity index (χ3n) is 1.55. The molecular weight excluding hydrogens is 293 g/mol. The second-order valence-corrected chi connectivity index (χ2v) is 5.99. The van der Waals surface area contributed by atoms with Gasteiger partial charge < -0.3 is 0 Å². The van der Waals surface area contributed by atoms with E-state index in [1.165, 1.54) is 23.1 Å². The maximum absolute atomic E-state index is 5.90. The Bertz CT molecular complexity index is 484. The molecule has 0 bridgehead atoms. The first kappa shape index (κ1) is 11.6. The van der Waals surface area contributed by atoms with Gasteiger partial charge in [-0.1, -0.05) is 46.6 Å². The molecule has 0 saturated heterocycles. The smallest absolute Gasteiger partial charge is 0.156 e. The lowest BCUT2D eigenvalue weighted by Gasteiger charge is -1.99. The van der Waals surface area contributed by atoms with E-state index in [0.29, 0.717) is 15.2 Å². The van der Waals surface area contributed by atoms with Crippen LogP contribution in [0.1, 0.15) is 0 Å². The minimum atomic E-state index is 0.516. The third-order valence-corrected chi connectivity index (χ3v) is 4.54. The van der Waals surface area contributed by atoms with Crippen LogP contribution in [-0.2, 0) is 0 Å². The number of nitrogens with zero attached hydrogens (tertiary/aromatic N) is 1. The summed E-state index contributed by atoms with van der Waals surface area (Å²) in [7, 11) is 0. The van der Waals surface area contributed by atoms with Crippen LogP contribution in [0.25, 0.3) is 0 Å². The molecule has 0 aliphatic heterocycles. The first-order chi connectivity index (χ1) is 7.15. The largest absolute Gasteiger partial charge is 0.218 e. The minimum Gasteiger partial charge on any atom is -0.218 e. The predicted octanol–water partition coefficient (Wildman–Crippen LogP) is 5.25. The molecule has 0 aliphatic carbocycles. The van der Waals surface area contributed by atoms with E-state index in [1.54, 1.807) is 11.4 Å². The molecule has 0 aliphatic rings. The van der Waals surface area contributed by atoms with Gasteiger partial charge in [0, 0.05) is 10.3 Å². The zero-order chi connectivity index (χ0) is 10.8. The summed E-state index contributed by atoms with van der Waals surface area (Å²) < 4.78 is 0.887. The summed E-state index contributed by atoms with van der Waals surface area (Å²) in [5.74, 6) is 0. The SMILES string of the molecule is Clc1csc(Sc2ccc(Cl)c(Cl)c2)n1. The minimum absolute atomic E-state index is 0.516. The number of rotatable bonds is 2. The molecule has 1 aromatic carbocycles. The van der Waals surface area contributed by atoms with Gasteiger partial charge in [-0.25, -0.2) is 4.98 Å². The Labute approximate surface area is 110 Å². The van der Waals surface area contributed by atoms with Crippen LogP contribution in [0.5, 0.6) is 0 Å². The van der Waals surface area contributed by atoms with E-state index in [9.17, 15) is 0 Å². The summed E-state index contributed by atoms with van der Waals surface area (Å²) in [5, 5.41) is 3.41. The van der Waals surface area contributed by atoms with Crippen LogP contribution in [0.3, 0.4) is 0 Å². The molecule has 1 aromatic heterocycles. The van der Waals surface area contributed by atoms with Crippen LogP contribution < -0.4 is 0 Å². The summed E-state index contributed by atoms with van der Waals surface area (Å²) in [6, 6.07) is 5.47. The monoisotopic (exact) mass is 295 g/mol. The van der Waals surface area contributed by atoms with E-state index in [2.05, 4.69) is 4.98 Å². The van der Waals surface area contributed by atoms with Crippen LogP contribution in [0, 0.1) is 0 Å². The zero-order valence-corrected chi connectivity index (χ0v) is 11.1. The lowest BCUT2D eigenvalue weighted by Crippen LogP contribution is -1.74. The highest BCUT2D eigenvalue weighted by Gasteiger charge is 2.04. The summed E-state index contributed by atoms with van der Waals surface area (Å²) in [4.78, 5) is 5.12. The average molecular weight is 297 g/mol. The molecule has 0 fully saturated rings. The van der Waals surface area contributed by atoms with Gasteiger partial charge in [0.25, 0.3) is 0 Å². The maximum atomic E-state index is 5.90. The normalized spacial score (nSPS) is 10.6. The number of benzene rings is 1. The molecule has 0 radical (unpaired) electrons. The summed E-state index contributed by atoms with van der Waals surface area (Å²) in [5.41, 5.74) is 0. The van der Waals surface area contributed by atoms with Gasteiger partial charge in [-0.05, 0) is 18.2 Å². The lowest BCUT2D eigenvalue weighted by atomic mass is 10.4. The third kappa shape index (κ3) is 3.02. The van der Waals surface area contributed by atoms with Crippen molar-refractivity contribution in [2.45, 2.75) is 9.24 Å². The van der Waals surface area contributed by atoms with E-state index >= 15 is 0 Å². The Hall–Kier alpha value is 0.0700. The number of thiazole rings is 1. The molecule has 78 valence electrons. The van der Waals surface area contributed by atoms with E-state index in [4.69, 9.17) is 34.8 Å². The molecule has 1 nitrogen and oxygen atoms in total. The van der Waals surface area contributed by atoms with Crippen molar-refractivity contribution in [1.29, 1.82) is 0 Å². The van der Waals surface area contributed by atoms with E-state index in [0.717, 1.165) is 9.24 Å². The van der Waals surface area contributed by atoms with Crippen molar-refractivity contribution in [1.82, 2.24) is 4.98 Å². The number of halogens is 3. The Balaban J connectivity index is 2.21. The van der Waals surface area contributed by atoms with Gasteiger partial charge >= 0.3 is 0 Å². The predicted molar refractivity (Wildman–Crippen MR) is 67.7 cm³/mol. The van der Waals surface area contributed by atoms with Crippen molar-refractivity contribution >= 4 is 57.9 Å². The van der Waals surface area contributed by atoms with Gasteiger partial charge in [0.1, 0.15) is 5.15 Å². The highest BCUT2D eigenvalue weighted by Crippen LogP contribution is 2.34. The van der Waals surface area contributed by atoms with Crippen molar-refractivity contribution in [3.8, 4) is 0 Å². The first-order valence-corrected chi connectivity index (χ1v) is 6.72. The molecule has 6 heteroatoms. The summed E-state index contributed by atoms with van der Waals surface area (Å²) in [6.07, 6.45) is 0. The van der Waals surface area contributed by atoms with Crippen molar-refractivity contribution in [3.05, 3.63) is 38.8 Å². The topological polar surface area (TPSA) is 12.9 Å². The van der Waals surface area contributed by atoms with E-state index in [-0.39, 0.29) is 0 Å². The quantitative estimate of drug-likeness (QED) is 0.750. The van der Waals surface area contributed by atoms with Gasteiger partial charge in [0.05, 0.1) is 10.0 Å². The molecule has 15 heavy (non-hydrogen) atoms. The molecule has 1 heterocycles. The van der Waals surface area contributed by atoms with Crippen molar-refractivity contribution < 1.29 is 0 Å². The lowest BCUT2D eigenvalue weighted by molar-refractivity contribution is 1.25. The van der Waals surface area contributed by atoms with Crippen molar-refractivity contribution in [3.63, 3.8) is 0 Å². The number of aromatic nitrogens is 1. The van der Waals surface area contributed by atoms with Gasteiger partial charge in [-0.3, -0.25) is 0 Å². The van der Waals surface area contributed by atoms with E-state index in [1.807, 2.05) is 12.1 Å². The second kappa shape index (κ2) is 4.93. The molecule has 0 unspecified atom stereocenters. The highest BCUT2D eigenvalue weighted by molar-refractivity contribution is 8.01. The standard InChI is InChI=1S/C9H4Cl3NS2/c10-6-2-1-5(3-7(6)11)15-9-13-8(12)4-14-9/h1-4H. The molecule has 2 rings (SSSR count). The number of hydrogen-bond donors (Lipinski definition) is 0. The summed E-state index contributed by atoms with van der Waals surface area (Å²) in [6.45, 7) is 0. The average Bonchev–Trinajstić information content (AvgIpc) is 2.58. The van der Waals surface area contributed by atoms with Crippen molar-refractivity contribution in [2.24, 2.45) is 0 Å². The molecule has 0 saturated carbocycles. The van der Waals surface area contributed by atoms with Crippen LogP contribution in [0.2, 0.25) is 15.2 Å². The highest BCUT2D eigenvalue weighted by atomic mass is 35.5. The molecule has 0 amide bonds. The van der Waals surface area contributed by atoms with E-state index < -0.39 is 0 Å². The summed E-state index contributed by atoms with van der Waals surface area (Å²) >= 11 is 20.4. The van der Waals surface area contributed by atoms with Crippen LogP contribution in [-0.4, -0.2) is 4.98 Å². The van der Waals surface area contributed by atoms with Gasteiger partial charge in [0.15, 0.2) is 4.34 Å². The Morgan fingerprint density at radius 1 is 1.13 bits per heavy atom. The maximum Gasteiger partial charge on any atom is 0.156 e. The van der Waals surface area contributed by atoms with Crippen molar-refractivity contribution in [2.75, 3.05) is 0 Å². The fourth-order valence-corrected chi connectivity index (χ4v) is 3.29.